The van der Waals surface area contributed by atoms with Gasteiger partial charge < -0.3 is 20.1 Å². The first kappa shape index (κ1) is 28.5. The Hall–Kier alpha value is -3.59. The number of sulfone groups is 1. The Kier molecular flexibility index (Phi) is 6.79. The van der Waals surface area contributed by atoms with Crippen molar-refractivity contribution in [3.63, 3.8) is 0 Å². The molecular weight excluding hydrogens is 580 g/mol. The predicted molar refractivity (Wildman–Crippen MR) is 158 cm³/mol. The van der Waals surface area contributed by atoms with Gasteiger partial charge in [0, 0.05) is 36.1 Å². The molecule has 0 saturated carbocycles. The Balaban J connectivity index is 1.65. The van der Waals surface area contributed by atoms with E-state index in [1.54, 1.807) is 38.1 Å². The van der Waals surface area contributed by atoms with E-state index in [9.17, 15) is 16.8 Å². The molecule has 1 fully saturated rings. The van der Waals surface area contributed by atoms with Crippen molar-refractivity contribution in [2.24, 2.45) is 5.73 Å². The molecule has 1 saturated heterocycles. The van der Waals surface area contributed by atoms with Crippen LogP contribution in [0.2, 0.25) is 0 Å². The van der Waals surface area contributed by atoms with Gasteiger partial charge in [-0.05, 0) is 44.5 Å². The summed E-state index contributed by atoms with van der Waals surface area (Å²) >= 11 is 0. The molecule has 0 spiro atoms. The monoisotopic (exact) mass is 612 g/mol. The summed E-state index contributed by atoms with van der Waals surface area (Å²) < 4.78 is 64.8. The SMILES string of the molecule is CC1COCC2COc3c(nc(-c4c(CN)cnc5c4ccn5S(=O)(=O)c4ccccc4)nc3C(C)(C)S(C)(=O)=O)N12. The summed E-state index contributed by atoms with van der Waals surface area (Å²) in [5.41, 5.74) is 7.59. The van der Waals surface area contributed by atoms with Gasteiger partial charge in [-0.15, -0.1) is 0 Å². The van der Waals surface area contributed by atoms with Gasteiger partial charge in [-0.3, -0.25) is 0 Å². The van der Waals surface area contributed by atoms with Gasteiger partial charge in [-0.25, -0.2) is 35.8 Å². The third-order valence-electron chi connectivity index (χ3n) is 8.05. The number of hydrogen-bond acceptors (Lipinski definition) is 11. The molecular formula is C28H32N6O6S2. The first-order valence-corrected chi connectivity index (χ1v) is 16.8. The van der Waals surface area contributed by atoms with Crippen molar-refractivity contribution in [1.82, 2.24) is 18.9 Å². The van der Waals surface area contributed by atoms with Crippen molar-refractivity contribution in [3.8, 4) is 17.1 Å². The molecule has 2 N–H and O–H groups in total. The third-order valence-corrected chi connectivity index (χ3v) is 11.8. The van der Waals surface area contributed by atoms with Crippen LogP contribution in [0.4, 0.5) is 5.82 Å². The average Bonchev–Trinajstić information content (AvgIpc) is 3.41. The largest absolute Gasteiger partial charge is 0.486 e. The lowest BCUT2D eigenvalue weighted by Gasteiger charge is -2.45. The average molecular weight is 613 g/mol. The van der Waals surface area contributed by atoms with Crippen LogP contribution in [0.25, 0.3) is 22.4 Å². The van der Waals surface area contributed by atoms with Gasteiger partial charge in [0.05, 0.1) is 30.2 Å². The molecule has 2 atom stereocenters. The standard InChI is InChI=1S/C28H32N6O6S2/c1-17-14-39-15-19-16-40-23-24(28(2,3)41(4,35)36)31-25(32-27(23)34(17)19)22-18(12-29)13-30-26-21(22)10-11-33(26)42(37,38)20-8-6-5-7-9-20/h5-11,13,17,19H,12,14-16,29H2,1-4H3. The molecule has 0 bridgehead atoms. The Labute approximate surface area is 244 Å². The van der Waals surface area contributed by atoms with Gasteiger partial charge in [-0.1, -0.05) is 18.2 Å². The van der Waals surface area contributed by atoms with Crippen LogP contribution in [-0.4, -0.2) is 73.9 Å². The summed E-state index contributed by atoms with van der Waals surface area (Å²) in [4.78, 5) is 16.5. The van der Waals surface area contributed by atoms with Crippen molar-refractivity contribution >= 4 is 36.7 Å². The van der Waals surface area contributed by atoms with Gasteiger partial charge in [0.25, 0.3) is 10.0 Å². The highest BCUT2D eigenvalue weighted by Crippen LogP contribution is 2.45. The molecule has 1 aromatic carbocycles. The first-order chi connectivity index (χ1) is 19.9. The number of anilines is 1. The summed E-state index contributed by atoms with van der Waals surface area (Å²) in [6.45, 7) is 6.43. The third kappa shape index (κ3) is 4.35. The molecule has 0 radical (unpaired) electrons. The topological polar surface area (TPSA) is 160 Å². The lowest BCUT2D eigenvalue weighted by molar-refractivity contribution is 0.0482. The highest BCUT2D eigenvalue weighted by Gasteiger charge is 2.44. The van der Waals surface area contributed by atoms with Gasteiger partial charge >= 0.3 is 0 Å². The van der Waals surface area contributed by atoms with E-state index in [-0.39, 0.29) is 40.7 Å². The smallest absolute Gasteiger partial charge is 0.269 e. The molecule has 4 aromatic rings. The molecule has 5 heterocycles. The van der Waals surface area contributed by atoms with E-state index in [1.165, 1.54) is 24.5 Å². The number of hydrogen-bond donors (Lipinski definition) is 1. The van der Waals surface area contributed by atoms with Crippen LogP contribution >= 0.6 is 0 Å². The molecule has 14 heteroatoms. The first-order valence-electron chi connectivity index (χ1n) is 13.5. The fourth-order valence-corrected chi connectivity index (χ4v) is 7.26. The van der Waals surface area contributed by atoms with Crippen LogP contribution in [-0.2, 0) is 35.9 Å². The fourth-order valence-electron chi connectivity index (χ4n) is 5.45. The minimum Gasteiger partial charge on any atom is -0.486 e. The molecule has 3 aromatic heterocycles. The van der Waals surface area contributed by atoms with Crippen molar-refractivity contribution in [1.29, 1.82) is 0 Å². The lowest BCUT2D eigenvalue weighted by atomic mass is 10.0. The van der Waals surface area contributed by atoms with Crippen molar-refractivity contribution < 1.29 is 26.3 Å². The van der Waals surface area contributed by atoms with E-state index in [2.05, 4.69) is 9.88 Å². The summed E-state index contributed by atoms with van der Waals surface area (Å²) in [7, 11) is -7.64. The minimum absolute atomic E-state index is 0.0627. The molecule has 6 rings (SSSR count). The number of nitrogens with two attached hydrogens (primary N) is 1. The fraction of sp³-hybridized carbons (Fsp3) is 0.393. The Morgan fingerprint density at radius 3 is 2.48 bits per heavy atom. The predicted octanol–water partition coefficient (Wildman–Crippen LogP) is 2.45. The van der Waals surface area contributed by atoms with Crippen LogP contribution in [0.5, 0.6) is 5.75 Å². The van der Waals surface area contributed by atoms with E-state index in [1.807, 2.05) is 6.92 Å². The number of fused-ring (bicyclic) bond motifs is 4. The molecule has 222 valence electrons. The number of ether oxygens (including phenoxy) is 2. The van der Waals surface area contributed by atoms with Crippen LogP contribution in [0.3, 0.4) is 0 Å². The number of morpholine rings is 1. The van der Waals surface area contributed by atoms with E-state index < -0.39 is 24.6 Å². The quantitative estimate of drug-likeness (QED) is 0.341. The van der Waals surface area contributed by atoms with Crippen molar-refractivity contribution in [3.05, 3.63) is 60.0 Å². The molecule has 0 aliphatic carbocycles. The van der Waals surface area contributed by atoms with Crippen LogP contribution in [0, 0.1) is 0 Å². The second-order valence-corrected chi connectivity index (χ2v) is 15.5. The van der Waals surface area contributed by atoms with Crippen molar-refractivity contribution in [2.75, 3.05) is 31.0 Å². The van der Waals surface area contributed by atoms with Crippen LogP contribution < -0.4 is 15.4 Å². The maximum Gasteiger partial charge on any atom is 0.269 e. The highest BCUT2D eigenvalue weighted by molar-refractivity contribution is 7.91. The molecule has 42 heavy (non-hydrogen) atoms. The zero-order valence-electron chi connectivity index (χ0n) is 23.7. The maximum absolute atomic E-state index is 13.6. The zero-order chi connectivity index (χ0) is 30.0. The van der Waals surface area contributed by atoms with E-state index in [4.69, 9.17) is 25.2 Å². The number of pyridine rings is 1. The molecule has 2 aliphatic heterocycles. The van der Waals surface area contributed by atoms with Gasteiger partial charge in [0.2, 0.25) is 0 Å². The Morgan fingerprint density at radius 1 is 1.05 bits per heavy atom. The highest BCUT2D eigenvalue weighted by atomic mass is 32.2. The van der Waals surface area contributed by atoms with Crippen LogP contribution in [0.1, 0.15) is 32.0 Å². The normalized spacial score (nSPS) is 19.3. The molecule has 2 unspecified atom stereocenters. The zero-order valence-corrected chi connectivity index (χ0v) is 25.3. The second-order valence-electron chi connectivity index (χ2n) is 11.1. The summed E-state index contributed by atoms with van der Waals surface area (Å²) in [5, 5.41) is 0.462. The Morgan fingerprint density at radius 2 is 1.79 bits per heavy atom. The molecule has 2 aliphatic rings. The van der Waals surface area contributed by atoms with Gasteiger partial charge in [0.1, 0.15) is 17.0 Å². The van der Waals surface area contributed by atoms with E-state index in [0.717, 1.165) is 10.2 Å². The van der Waals surface area contributed by atoms with E-state index >= 15 is 0 Å². The molecule has 0 amide bonds. The second kappa shape index (κ2) is 10.0. The van der Waals surface area contributed by atoms with Crippen LogP contribution in [0.15, 0.2) is 53.7 Å². The van der Waals surface area contributed by atoms with Gasteiger partial charge in [-0.2, -0.15) is 0 Å². The van der Waals surface area contributed by atoms with E-state index in [0.29, 0.717) is 47.9 Å². The minimum atomic E-state index is -3.97. The number of benzene rings is 1. The molecule has 12 nitrogen and oxygen atoms in total. The van der Waals surface area contributed by atoms with Gasteiger partial charge in [0.15, 0.2) is 32.9 Å². The number of aromatic nitrogens is 4. The summed E-state index contributed by atoms with van der Waals surface area (Å²) in [6, 6.07) is 9.52. The van der Waals surface area contributed by atoms with Crippen molar-refractivity contribution in [2.45, 2.75) is 49.0 Å². The lowest BCUT2D eigenvalue weighted by Crippen LogP contribution is -2.56. The maximum atomic E-state index is 13.6. The summed E-state index contributed by atoms with van der Waals surface area (Å²) in [6.07, 6.45) is 4.11. The summed E-state index contributed by atoms with van der Waals surface area (Å²) in [5.74, 6) is 0.970. The number of nitrogens with zero attached hydrogens (tertiary/aromatic N) is 5. The number of rotatable bonds is 6. The Bertz CT molecular complexity index is 1910.